The minimum atomic E-state index is -0.347. The zero-order valence-corrected chi connectivity index (χ0v) is 16.1. The number of hydrogen-bond acceptors (Lipinski definition) is 3. The Kier molecular flexibility index (Phi) is 6.22. The van der Waals surface area contributed by atoms with E-state index in [9.17, 15) is 9.59 Å². The molecule has 3 rings (SSSR count). The fourth-order valence-corrected chi connectivity index (χ4v) is 3.04. The van der Waals surface area contributed by atoms with E-state index < -0.39 is 0 Å². The Labute approximate surface area is 164 Å². The van der Waals surface area contributed by atoms with Crippen LogP contribution in [0.1, 0.15) is 30.5 Å². The lowest BCUT2D eigenvalue weighted by molar-refractivity contribution is -0.131. The Morgan fingerprint density at radius 3 is 2.36 bits per heavy atom. The molecule has 6 nitrogen and oxygen atoms in total. The Bertz CT molecular complexity index is 922. The van der Waals surface area contributed by atoms with E-state index in [1.54, 1.807) is 22.8 Å². The molecule has 1 aromatic heterocycles. The molecular weight excluding hydrogens is 352 g/mol. The van der Waals surface area contributed by atoms with Crippen molar-refractivity contribution in [1.82, 2.24) is 20.0 Å². The van der Waals surface area contributed by atoms with Crippen LogP contribution in [0.2, 0.25) is 0 Å². The van der Waals surface area contributed by atoms with E-state index in [0.717, 1.165) is 16.8 Å². The van der Waals surface area contributed by atoms with Crippen LogP contribution in [0.5, 0.6) is 0 Å². The van der Waals surface area contributed by atoms with Gasteiger partial charge in [-0.15, -0.1) is 0 Å². The molecule has 28 heavy (non-hydrogen) atoms. The molecular formula is C22H24N4O2. The van der Waals surface area contributed by atoms with Gasteiger partial charge in [-0.05, 0) is 17.7 Å². The number of nitrogens with zero attached hydrogens (tertiary/aromatic N) is 3. The molecule has 1 N–H and O–H groups in total. The molecule has 0 radical (unpaired) electrons. The monoisotopic (exact) mass is 376 g/mol. The van der Waals surface area contributed by atoms with Crippen molar-refractivity contribution in [3.63, 3.8) is 0 Å². The molecule has 0 aliphatic heterocycles. The van der Waals surface area contributed by atoms with Gasteiger partial charge in [0.25, 0.3) is 0 Å². The third-order valence-electron chi connectivity index (χ3n) is 4.46. The number of benzene rings is 2. The van der Waals surface area contributed by atoms with Crippen LogP contribution in [0, 0.1) is 0 Å². The molecule has 0 saturated carbocycles. The first kappa shape index (κ1) is 19.4. The van der Waals surface area contributed by atoms with Gasteiger partial charge in [-0.1, -0.05) is 48.5 Å². The second-order valence-electron chi connectivity index (χ2n) is 6.75. The summed E-state index contributed by atoms with van der Waals surface area (Å²) in [6, 6.07) is 19.0. The van der Waals surface area contributed by atoms with Crippen molar-refractivity contribution < 1.29 is 9.59 Å². The van der Waals surface area contributed by atoms with Crippen molar-refractivity contribution in [2.75, 3.05) is 7.05 Å². The second-order valence-corrected chi connectivity index (χ2v) is 6.75. The van der Waals surface area contributed by atoms with Crippen LogP contribution in [-0.2, 0) is 16.1 Å². The molecule has 0 fully saturated rings. The summed E-state index contributed by atoms with van der Waals surface area (Å²) in [7, 11) is 1.76. The minimum Gasteiger partial charge on any atom is -0.349 e. The average molecular weight is 376 g/mol. The third-order valence-corrected chi connectivity index (χ3v) is 4.46. The standard InChI is InChI=1S/C22H24N4O2/c1-17(27)24-21(19-9-5-3-6-10-19)13-22(28)25(2)15-18-14-23-26(16-18)20-11-7-4-8-12-20/h3-12,14,16,21H,13,15H2,1-2H3,(H,24,27). The van der Waals surface area contributed by atoms with Gasteiger partial charge in [-0.3, -0.25) is 9.59 Å². The summed E-state index contributed by atoms with van der Waals surface area (Å²) >= 11 is 0. The number of para-hydroxylation sites is 1. The number of rotatable bonds is 7. The number of aromatic nitrogens is 2. The van der Waals surface area contributed by atoms with Crippen LogP contribution in [-0.4, -0.2) is 33.5 Å². The highest BCUT2D eigenvalue weighted by atomic mass is 16.2. The highest BCUT2D eigenvalue weighted by Gasteiger charge is 2.20. The smallest absolute Gasteiger partial charge is 0.225 e. The molecule has 0 aliphatic carbocycles. The van der Waals surface area contributed by atoms with Crippen molar-refractivity contribution in [3.8, 4) is 5.69 Å². The van der Waals surface area contributed by atoms with E-state index in [-0.39, 0.29) is 24.3 Å². The lowest BCUT2D eigenvalue weighted by Crippen LogP contribution is -2.33. The molecule has 0 saturated heterocycles. The molecule has 1 heterocycles. The number of amides is 2. The second kappa shape index (κ2) is 8.99. The Hall–Kier alpha value is -3.41. The predicted octanol–water partition coefficient (Wildman–Crippen LogP) is 3.10. The van der Waals surface area contributed by atoms with Crippen molar-refractivity contribution in [3.05, 3.63) is 84.2 Å². The quantitative estimate of drug-likeness (QED) is 0.689. The Morgan fingerprint density at radius 1 is 1.07 bits per heavy atom. The van der Waals surface area contributed by atoms with Crippen LogP contribution in [0.4, 0.5) is 0 Å². The molecule has 0 aliphatic rings. The van der Waals surface area contributed by atoms with Gasteiger partial charge < -0.3 is 10.2 Å². The zero-order valence-electron chi connectivity index (χ0n) is 16.1. The van der Waals surface area contributed by atoms with Crippen LogP contribution < -0.4 is 5.32 Å². The maximum atomic E-state index is 12.7. The molecule has 6 heteroatoms. The SMILES string of the molecule is CC(=O)NC(CC(=O)N(C)Cc1cnn(-c2ccccc2)c1)c1ccccc1. The van der Waals surface area contributed by atoms with Crippen LogP contribution in [0.3, 0.4) is 0 Å². The first-order valence-electron chi connectivity index (χ1n) is 9.18. The predicted molar refractivity (Wildman–Crippen MR) is 108 cm³/mol. The number of hydrogen-bond donors (Lipinski definition) is 1. The van der Waals surface area contributed by atoms with E-state index in [4.69, 9.17) is 0 Å². The molecule has 2 amide bonds. The summed E-state index contributed by atoms with van der Waals surface area (Å²) in [6.07, 6.45) is 3.88. The lowest BCUT2D eigenvalue weighted by Gasteiger charge is -2.22. The average Bonchev–Trinajstić information content (AvgIpc) is 3.17. The fraction of sp³-hybridized carbons (Fsp3) is 0.227. The summed E-state index contributed by atoms with van der Waals surface area (Å²) in [4.78, 5) is 26.0. The molecule has 0 spiro atoms. The van der Waals surface area contributed by atoms with E-state index >= 15 is 0 Å². The van der Waals surface area contributed by atoms with Gasteiger partial charge in [0.2, 0.25) is 11.8 Å². The van der Waals surface area contributed by atoms with E-state index in [1.165, 1.54) is 6.92 Å². The third kappa shape index (κ3) is 5.07. The van der Waals surface area contributed by atoms with E-state index in [0.29, 0.717) is 6.54 Å². The van der Waals surface area contributed by atoms with Crippen LogP contribution >= 0.6 is 0 Å². The van der Waals surface area contributed by atoms with Gasteiger partial charge in [0, 0.05) is 32.3 Å². The summed E-state index contributed by atoms with van der Waals surface area (Å²) in [6.45, 7) is 1.91. The largest absolute Gasteiger partial charge is 0.349 e. The number of nitrogens with one attached hydrogen (secondary N) is 1. The normalized spacial score (nSPS) is 11.6. The zero-order chi connectivity index (χ0) is 19.9. The van der Waals surface area contributed by atoms with Crippen molar-refractivity contribution >= 4 is 11.8 Å². The Balaban J connectivity index is 1.65. The first-order valence-corrected chi connectivity index (χ1v) is 9.18. The molecule has 1 unspecified atom stereocenters. The Morgan fingerprint density at radius 2 is 1.71 bits per heavy atom. The summed E-state index contributed by atoms with van der Waals surface area (Å²) in [5.74, 6) is -0.205. The van der Waals surface area contributed by atoms with Crippen LogP contribution in [0.15, 0.2) is 73.1 Å². The maximum Gasteiger partial charge on any atom is 0.225 e. The molecule has 2 aromatic carbocycles. The maximum absolute atomic E-state index is 12.7. The van der Waals surface area contributed by atoms with Gasteiger partial charge in [-0.25, -0.2) is 4.68 Å². The van der Waals surface area contributed by atoms with Gasteiger partial charge in [0.15, 0.2) is 0 Å². The minimum absolute atomic E-state index is 0.0462. The van der Waals surface area contributed by atoms with E-state index in [2.05, 4.69) is 10.4 Å². The van der Waals surface area contributed by atoms with Gasteiger partial charge in [0.05, 0.1) is 24.3 Å². The molecule has 0 bridgehead atoms. The topological polar surface area (TPSA) is 67.2 Å². The number of carbonyl (C=O) groups is 2. The van der Waals surface area contributed by atoms with Crippen molar-refractivity contribution in [1.29, 1.82) is 0 Å². The lowest BCUT2D eigenvalue weighted by atomic mass is 10.0. The van der Waals surface area contributed by atoms with Crippen molar-refractivity contribution in [2.45, 2.75) is 25.9 Å². The van der Waals surface area contributed by atoms with E-state index in [1.807, 2.05) is 66.9 Å². The fourth-order valence-electron chi connectivity index (χ4n) is 3.04. The summed E-state index contributed by atoms with van der Waals surface area (Å²) < 4.78 is 1.79. The van der Waals surface area contributed by atoms with Gasteiger partial charge in [0.1, 0.15) is 0 Å². The van der Waals surface area contributed by atoms with Crippen LogP contribution in [0.25, 0.3) is 5.69 Å². The van der Waals surface area contributed by atoms with Crippen molar-refractivity contribution in [2.24, 2.45) is 0 Å². The summed E-state index contributed by atoms with van der Waals surface area (Å²) in [5.41, 5.74) is 2.82. The first-order chi connectivity index (χ1) is 13.5. The van der Waals surface area contributed by atoms with Gasteiger partial charge in [-0.2, -0.15) is 5.10 Å². The highest BCUT2D eigenvalue weighted by molar-refractivity contribution is 5.79. The molecule has 1 atom stereocenters. The highest BCUT2D eigenvalue weighted by Crippen LogP contribution is 2.18. The molecule has 144 valence electrons. The summed E-state index contributed by atoms with van der Waals surface area (Å²) in [5, 5.41) is 7.24. The number of carbonyl (C=O) groups excluding carboxylic acids is 2. The molecule has 3 aromatic rings. The van der Waals surface area contributed by atoms with Gasteiger partial charge >= 0.3 is 0 Å².